The Hall–Kier alpha value is -2.22. The molecule has 7 heteroatoms. The van der Waals surface area contributed by atoms with Gasteiger partial charge < -0.3 is 10.1 Å². The van der Waals surface area contributed by atoms with Crippen molar-refractivity contribution in [3.63, 3.8) is 0 Å². The van der Waals surface area contributed by atoms with Crippen LogP contribution in [-0.4, -0.2) is 44.4 Å². The lowest BCUT2D eigenvalue weighted by molar-refractivity contribution is -0.121. The molecule has 2 aromatic rings. The number of hydrogen-bond acceptors (Lipinski definition) is 4. The zero-order valence-corrected chi connectivity index (χ0v) is 19.6. The predicted octanol–water partition coefficient (Wildman–Crippen LogP) is 3.41. The zero-order valence-electron chi connectivity index (χ0n) is 18.8. The molecule has 0 unspecified atom stereocenters. The van der Waals surface area contributed by atoms with E-state index < -0.39 is 10.0 Å². The van der Waals surface area contributed by atoms with Crippen molar-refractivity contribution in [2.24, 2.45) is 0 Å². The second-order valence-corrected chi connectivity index (χ2v) is 10.3. The van der Waals surface area contributed by atoms with Crippen LogP contribution in [0.25, 0.3) is 0 Å². The van der Waals surface area contributed by atoms with Gasteiger partial charge in [0.2, 0.25) is 15.9 Å². The van der Waals surface area contributed by atoms with Gasteiger partial charge in [0.25, 0.3) is 0 Å². The van der Waals surface area contributed by atoms with E-state index in [1.165, 1.54) is 4.31 Å². The molecule has 1 fully saturated rings. The maximum absolute atomic E-state index is 13.7. The van der Waals surface area contributed by atoms with Crippen molar-refractivity contribution in [2.45, 2.75) is 58.1 Å². The van der Waals surface area contributed by atoms with Crippen molar-refractivity contribution in [2.75, 3.05) is 19.7 Å². The summed E-state index contributed by atoms with van der Waals surface area (Å²) in [5.41, 5.74) is 4.31. The summed E-state index contributed by atoms with van der Waals surface area (Å²) in [4.78, 5) is 13.0. The zero-order chi connectivity index (χ0) is 22.6. The highest BCUT2D eigenvalue weighted by atomic mass is 32.2. The third kappa shape index (κ3) is 5.93. The van der Waals surface area contributed by atoms with Gasteiger partial charge in [-0.2, -0.15) is 4.31 Å². The summed E-state index contributed by atoms with van der Waals surface area (Å²) in [5.74, 6) is -0.325. The Morgan fingerprint density at radius 1 is 1.06 bits per heavy atom. The van der Waals surface area contributed by atoms with Crippen LogP contribution in [0.4, 0.5) is 0 Å². The molecule has 0 aromatic heterocycles. The number of ether oxygens (including phenoxy) is 1. The third-order valence-electron chi connectivity index (χ3n) is 5.55. The molecule has 0 aliphatic carbocycles. The summed E-state index contributed by atoms with van der Waals surface area (Å²) < 4.78 is 34.2. The molecule has 2 aromatic carbocycles. The topological polar surface area (TPSA) is 75.7 Å². The molecular weight excluding hydrogens is 412 g/mol. The van der Waals surface area contributed by atoms with Crippen LogP contribution in [0.3, 0.4) is 0 Å². The highest BCUT2D eigenvalue weighted by Crippen LogP contribution is 2.26. The number of aryl methyl sites for hydroxylation is 4. The van der Waals surface area contributed by atoms with Gasteiger partial charge in [0.1, 0.15) is 0 Å². The number of carbonyl (C=O) groups is 1. The molecule has 1 aliphatic heterocycles. The quantitative estimate of drug-likeness (QED) is 0.677. The molecule has 6 nitrogen and oxygen atoms in total. The second kappa shape index (κ2) is 9.94. The van der Waals surface area contributed by atoms with Gasteiger partial charge in [0.05, 0.1) is 17.5 Å². The number of hydrogen-bond donors (Lipinski definition) is 1. The summed E-state index contributed by atoms with van der Waals surface area (Å²) >= 11 is 0. The summed E-state index contributed by atoms with van der Waals surface area (Å²) in [5, 5.41) is 2.84. The number of benzene rings is 2. The fourth-order valence-corrected chi connectivity index (χ4v) is 5.87. The number of nitrogens with zero attached hydrogens (tertiary/aromatic N) is 1. The van der Waals surface area contributed by atoms with E-state index in [9.17, 15) is 13.2 Å². The van der Waals surface area contributed by atoms with E-state index in [1.54, 1.807) is 13.8 Å². The minimum absolute atomic E-state index is 0.00712. The average molecular weight is 445 g/mol. The van der Waals surface area contributed by atoms with Gasteiger partial charge in [-0.3, -0.25) is 4.79 Å². The number of rotatable bonds is 8. The van der Waals surface area contributed by atoms with Gasteiger partial charge in [0, 0.05) is 19.7 Å². The Balaban J connectivity index is 1.86. The fraction of sp³-hybridized carbons (Fsp3) is 0.458. The smallest absolute Gasteiger partial charge is 0.244 e. The van der Waals surface area contributed by atoms with E-state index in [-0.39, 0.29) is 30.0 Å². The van der Waals surface area contributed by atoms with Crippen molar-refractivity contribution in [1.82, 2.24) is 9.62 Å². The molecule has 31 heavy (non-hydrogen) atoms. The van der Waals surface area contributed by atoms with E-state index in [2.05, 4.69) is 5.32 Å². The van der Waals surface area contributed by atoms with Gasteiger partial charge in [-0.15, -0.1) is 0 Å². The van der Waals surface area contributed by atoms with Crippen molar-refractivity contribution < 1.29 is 17.9 Å². The van der Waals surface area contributed by atoms with E-state index in [4.69, 9.17) is 4.74 Å². The van der Waals surface area contributed by atoms with Gasteiger partial charge in [-0.25, -0.2) is 8.42 Å². The average Bonchev–Trinajstić information content (AvgIpc) is 3.20. The minimum atomic E-state index is -3.88. The monoisotopic (exact) mass is 444 g/mol. The number of nitrogens with one attached hydrogen (secondary N) is 1. The van der Waals surface area contributed by atoms with Crippen LogP contribution in [0.1, 0.15) is 40.7 Å². The van der Waals surface area contributed by atoms with Crippen LogP contribution in [0.5, 0.6) is 0 Å². The van der Waals surface area contributed by atoms with Gasteiger partial charge in [0.15, 0.2) is 0 Å². The van der Waals surface area contributed by atoms with Crippen LogP contribution < -0.4 is 5.32 Å². The molecule has 1 atom stereocenters. The largest absolute Gasteiger partial charge is 0.376 e. The first kappa shape index (κ1) is 23.4. The standard InChI is InChI=1S/C24H32N2O4S/c1-17-7-9-21(10-8-17)15-26(16-23(27)25-14-22-6-5-11-30-22)31(28,29)24-19(3)12-18(2)13-20(24)4/h7-10,12-13,22H,5-6,11,14-16H2,1-4H3,(H,25,27)/t22-/m1/s1. The molecule has 1 N–H and O–H groups in total. The van der Waals surface area contributed by atoms with Gasteiger partial charge in [-0.1, -0.05) is 47.5 Å². The Bertz CT molecular complexity index is 1000. The first-order valence-electron chi connectivity index (χ1n) is 10.7. The minimum Gasteiger partial charge on any atom is -0.376 e. The molecule has 1 heterocycles. The van der Waals surface area contributed by atoms with E-state index in [0.717, 1.165) is 29.5 Å². The molecular formula is C24H32N2O4S. The molecule has 0 radical (unpaired) electrons. The molecule has 1 aliphatic rings. The van der Waals surface area contributed by atoms with Crippen LogP contribution in [0.15, 0.2) is 41.3 Å². The van der Waals surface area contributed by atoms with Crippen LogP contribution >= 0.6 is 0 Å². The fourth-order valence-electron chi connectivity index (χ4n) is 4.07. The summed E-state index contributed by atoms with van der Waals surface area (Å²) in [6, 6.07) is 11.4. The molecule has 1 amide bonds. The van der Waals surface area contributed by atoms with E-state index in [0.29, 0.717) is 24.3 Å². The number of amides is 1. The SMILES string of the molecule is Cc1ccc(CN(CC(=O)NC[C@H]2CCCO2)S(=O)(=O)c2c(C)cc(C)cc2C)cc1. The Morgan fingerprint density at radius 2 is 1.71 bits per heavy atom. The van der Waals surface area contributed by atoms with Crippen molar-refractivity contribution in [3.05, 3.63) is 64.2 Å². The van der Waals surface area contributed by atoms with E-state index in [1.807, 2.05) is 50.2 Å². The second-order valence-electron chi connectivity index (χ2n) is 8.43. The van der Waals surface area contributed by atoms with Crippen molar-refractivity contribution >= 4 is 15.9 Å². The molecule has 0 bridgehead atoms. The normalized spacial score (nSPS) is 16.6. The Labute approximate surface area is 185 Å². The lowest BCUT2D eigenvalue weighted by atomic mass is 10.1. The highest BCUT2D eigenvalue weighted by Gasteiger charge is 2.30. The predicted molar refractivity (Wildman–Crippen MR) is 121 cm³/mol. The molecule has 1 saturated heterocycles. The summed E-state index contributed by atoms with van der Waals surface area (Å²) in [7, 11) is -3.88. The van der Waals surface area contributed by atoms with Crippen molar-refractivity contribution in [1.29, 1.82) is 0 Å². The molecule has 0 spiro atoms. The molecule has 168 valence electrons. The Kier molecular flexibility index (Phi) is 7.51. The van der Waals surface area contributed by atoms with Crippen LogP contribution in [0, 0.1) is 27.7 Å². The molecule has 0 saturated carbocycles. The first-order chi connectivity index (χ1) is 14.7. The Morgan fingerprint density at radius 3 is 2.29 bits per heavy atom. The van der Waals surface area contributed by atoms with Gasteiger partial charge >= 0.3 is 0 Å². The van der Waals surface area contributed by atoms with Crippen LogP contribution in [-0.2, 0) is 26.1 Å². The maximum Gasteiger partial charge on any atom is 0.244 e. The van der Waals surface area contributed by atoms with E-state index >= 15 is 0 Å². The van der Waals surface area contributed by atoms with Gasteiger partial charge in [-0.05, 0) is 57.2 Å². The lowest BCUT2D eigenvalue weighted by Gasteiger charge is -2.24. The lowest BCUT2D eigenvalue weighted by Crippen LogP contribution is -2.42. The number of sulfonamides is 1. The van der Waals surface area contributed by atoms with Crippen molar-refractivity contribution in [3.8, 4) is 0 Å². The number of carbonyl (C=O) groups excluding carboxylic acids is 1. The summed E-state index contributed by atoms with van der Waals surface area (Å²) in [6.45, 7) is 8.52. The van der Waals surface area contributed by atoms with Crippen LogP contribution in [0.2, 0.25) is 0 Å². The summed E-state index contributed by atoms with van der Waals surface area (Å²) in [6.07, 6.45) is 1.90. The highest BCUT2D eigenvalue weighted by molar-refractivity contribution is 7.89. The third-order valence-corrected chi connectivity index (χ3v) is 7.65. The maximum atomic E-state index is 13.7. The molecule has 3 rings (SSSR count). The first-order valence-corrected chi connectivity index (χ1v) is 12.1.